The molecule has 5 N–H and O–H groups in total. The van der Waals surface area contributed by atoms with E-state index < -0.39 is 47.9 Å². The minimum absolute atomic E-state index is 0.0867. The smallest absolute Gasteiger partial charge is 0.408 e. The first-order valence-corrected chi connectivity index (χ1v) is 12.7. The fraction of sp³-hybridized carbons (Fsp3) is 0.429. The third-order valence-corrected chi connectivity index (χ3v) is 6.19. The van der Waals surface area contributed by atoms with Crippen LogP contribution < -0.4 is 21.1 Å². The van der Waals surface area contributed by atoms with Crippen LogP contribution in [0.15, 0.2) is 48.5 Å². The number of aromatic hydroxyl groups is 1. The number of carbonyl (C=O) groups is 4. The Balaban J connectivity index is 2.01. The van der Waals surface area contributed by atoms with Crippen LogP contribution in [0.2, 0.25) is 0 Å². The summed E-state index contributed by atoms with van der Waals surface area (Å²) in [5.74, 6) is -1.50. The number of phenols is 1. The Hall–Kier alpha value is -4.28. The second-order valence-electron chi connectivity index (χ2n) is 10.4. The normalized spacial score (nSPS) is 14.8. The van der Waals surface area contributed by atoms with Crippen LogP contribution in [-0.2, 0) is 19.1 Å². The summed E-state index contributed by atoms with van der Waals surface area (Å²) in [7, 11) is 1.53. The molecule has 210 valence electrons. The van der Waals surface area contributed by atoms with Gasteiger partial charge in [-0.1, -0.05) is 12.1 Å². The molecule has 39 heavy (non-hydrogen) atoms. The topological polar surface area (TPSA) is 160 Å². The number of methoxy groups -OCH3 is 1. The summed E-state index contributed by atoms with van der Waals surface area (Å²) in [4.78, 5) is 53.7. The standard InChI is InChI=1S/C28H36N4O7/c1-28(2,3)39-27(37)31-22(16-23(29)34)26(36)32(19-8-6-9-19)24(17-7-5-10-20(33)15-17)25(35)30-18-11-13-21(38-4)14-12-18/h5,7,10-15,19,22,24,33H,6,8-9,16H2,1-4H3,(H2,29,34)(H,30,35)(H,31,37). The highest BCUT2D eigenvalue weighted by Gasteiger charge is 2.42. The molecule has 0 aromatic heterocycles. The number of phenolic OH excluding ortho intramolecular Hbond substituents is 1. The molecule has 2 atom stereocenters. The lowest BCUT2D eigenvalue weighted by Gasteiger charge is -2.43. The van der Waals surface area contributed by atoms with E-state index in [1.54, 1.807) is 57.2 Å². The van der Waals surface area contributed by atoms with Crippen LogP contribution in [0.4, 0.5) is 10.5 Å². The number of benzene rings is 2. The minimum Gasteiger partial charge on any atom is -0.508 e. The average Bonchev–Trinajstić information content (AvgIpc) is 2.80. The molecule has 0 heterocycles. The van der Waals surface area contributed by atoms with Gasteiger partial charge in [0, 0.05) is 11.7 Å². The molecule has 2 aromatic rings. The number of alkyl carbamates (subject to hydrolysis) is 1. The number of carbonyl (C=O) groups excluding carboxylic acids is 4. The summed E-state index contributed by atoms with van der Waals surface area (Å²) in [5, 5.41) is 15.5. The van der Waals surface area contributed by atoms with Gasteiger partial charge in [0.05, 0.1) is 13.5 Å². The molecule has 1 aliphatic rings. The van der Waals surface area contributed by atoms with E-state index in [1.165, 1.54) is 24.1 Å². The van der Waals surface area contributed by atoms with Crippen molar-refractivity contribution >= 4 is 29.5 Å². The number of primary amides is 1. The van der Waals surface area contributed by atoms with Gasteiger partial charge in [-0.3, -0.25) is 14.4 Å². The molecule has 0 saturated heterocycles. The first-order valence-electron chi connectivity index (χ1n) is 12.7. The molecule has 11 nitrogen and oxygen atoms in total. The molecule has 0 bridgehead atoms. The lowest BCUT2D eigenvalue weighted by atomic mass is 9.87. The first kappa shape index (κ1) is 29.3. The van der Waals surface area contributed by atoms with Crippen LogP contribution in [0.5, 0.6) is 11.5 Å². The fourth-order valence-corrected chi connectivity index (χ4v) is 4.23. The van der Waals surface area contributed by atoms with Crippen molar-refractivity contribution in [2.75, 3.05) is 12.4 Å². The zero-order valence-electron chi connectivity index (χ0n) is 22.6. The number of hydrogen-bond acceptors (Lipinski definition) is 7. The number of nitrogens with one attached hydrogen (secondary N) is 2. The second-order valence-corrected chi connectivity index (χ2v) is 10.4. The van der Waals surface area contributed by atoms with Crippen LogP contribution in [0, 0.1) is 0 Å². The molecule has 1 saturated carbocycles. The first-order chi connectivity index (χ1) is 18.4. The molecule has 2 aromatic carbocycles. The highest BCUT2D eigenvalue weighted by atomic mass is 16.6. The summed E-state index contributed by atoms with van der Waals surface area (Å²) >= 11 is 0. The predicted octanol–water partition coefficient (Wildman–Crippen LogP) is 3.23. The molecule has 3 rings (SSSR count). The van der Waals surface area contributed by atoms with Gasteiger partial charge in [0.25, 0.3) is 5.91 Å². The molecular formula is C28H36N4O7. The van der Waals surface area contributed by atoms with Gasteiger partial charge in [0.1, 0.15) is 29.2 Å². The number of nitrogens with two attached hydrogens (primary N) is 1. The highest BCUT2D eigenvalue weighted by molar-refractivity contribution is 6.00. The van der Waals surface area contributed by atoms with Gasteiger partial charge < -0.3 is 35.8 Å². The maximum absolute atomic E-state index is 14.0. The molecule has 4 amide bonds. The van der Waals surface area contributed by atoms with Crippen LogP contribution in [0.1, 0.15) is 58.1 Å². The summed E-state index contributed by atoms with van der Waals surface area (Å²) in [6, 6.07) is 9.84. The fourth-order valence-electron chi connectivity index (χ4n) is 4.23. The minimum atomic E-state index is -1.37. The Morgan fingerprint density at radius 1 is 1.10 bits per heavy atom. The Kier molecular flexibility index (Phi) is 9.39. The summed E-state index contributed by atoms with van der Waals surface area (Å²) in [6.07, 6.45) is 0.682. The molecule has 2 unspecified atom stereocenters. The largest absolute Gasteiger partial charge is 0.508 e. The third-order valence-electron chi connectivity index (χ3n) is 6.19. The van der Waals surface area contributed by atoms with Crippen molar-refractivity contribution in [3.8, 4) is 11.5 Å². The van der Waals surface area contributed by atoms with Gasteiger partial charge in [0.2, 0.25) is 11.8 Å². The maximum Gasteiger partial charge on any atom is 0.408 e. The van der Waals surface area contributed by atoms with Crippen molar-refractivity contribution in [1.29, 1.82) is 0 Å². The number of hydrogen-bond donors (Lipinski definition) is 4. The summed E-state index contributed by atoms with van der Waals surface area (Å²) < 4.78 is 10.5. The number of amides is 4. The molecule has 11 heteroatoms. The van der Waals surface area contributed by atoms with E-state index in [-0.39, 0.29) is 11.8 Å². The van der Waals surface area contributed by atoms with Gasteiger partial charge >= 0.3 is 6.09 Å². The van der Waals surface area contributed by atoms with Crippen molar-refractivity contribution in [1.82, 2.24) is 10.2 Å². The van der Waals surface area contributed by atoms with Gasteiger partial charge in [-0.25, -0.2) is 4.79 Å². The maximum atomic E-state index is 14.0. The van der Waals surface area contributed by atoms with Crippen molar-refractivity contribution in [3.05, 3.63) is 54.1 Å². The van der Waals surface area contributed by atoms with Crippen molar-refractivity contribution in [3.63, 3.8) is 0 Å². The predicted molar refractivity (Wildman–Crippen MR) is 144 cm³/mol. The SMILES string of the molecule is COc1ccc(NC(=O)C(c2cccc(O)c2)N(C(=O)C(CC(N)=O)NC(=O)OC(C)(C)C)C2CCC2)cc1. The van der Waals surface area contributed by atoms with Gasteiger partial charge in [-0.05, 0) is 82.0 Å². The lowest BCUT2D eigenvalue weighted by molar-refractivity contribution is -0.146. The Morgan fingerprint density at radius 3 is 2.28 bits per heavy atom. The van der Waals surface area contributed by atoms with E-state index >= 15 is 0 Å². The summed E-state index contributed by atoms with van der Waals surface area (Å²) in [5.41, 5.74) is 5.40. The van der Waals surface area contributed by atoms with E-state index in [2.05, 4.69) is 10.6 Å². The number of ether oxygens (including phenoxy) is 2. The second kappa shape index (κ2) is 12.5. The quantitative estimate of drug-likeness (QED) is 0.360. The number of anilines is 1. The number of nitrogens with zero attached hydrogens (tertiary/aromatic N) is 1. The number of rotatable bonds is 10. The van der Waals surface area contributed by atoms with E-state index in [4.69, 9.17) is 15.2 Å². The van der Waals surface area contributed by atoms with Gasteiger partial charge in [-0.15, -0.1) is 0 Å². The molecule has 0 spiro atoms. The summed E-state index contributed by atoms with van der Waals surface area (Å²) in [6.45, 7) is 5.00. The van der Waals surface area contributed by atoms with Crippen molar-refractivity contribution < 1.29 is 33.8 Å². The van der Waals surface area contributed by atoms with Crippen LogP contribution in [0.3, 0.4) is 0 Å². The van der Waals surface area contributed by atoms with E-state index in [1.807, 2.05) is 0 Å². The van der Waals surface area contributed by atoms with Crippen molar-refractivity contribution in [2.24, 2.45) is 5.73 Å². The zero-order chi connectivity index (χ0) is 28.7. The molecule has 0 radical (unpaired) electrons. The third kappa shape index (κ3) is 8.10. The Labute approximate surface area is 227 Å². The zero-order valence-corrected chi connectivity index (χ0v) is 22.6. The average molecular weight is 541 g/mol. The van der Waals surface area contributed by atoms with E-state index in [0.29, 0.717) is 29.8 Å². The lowest BCUT2D eigenvalue weighted by Crippen LogP contribution is -2.57. The van der Waals surface area contributed by atoms with E-state index in [9.17, 15) is 24.3 Å². The van der Waals surface area contributed by atoms with Gasteiger partial charge in [0.15, 0.2) is 0 Å². The molecule has 1 aliphatic carbocycles. The molecule has 0 aliphatic heterocycles. The van der Waals surface area contributed by atoms with Crippen LogP contribution in [-0.4, -0.2) is 58.6 Å². The van der Waals surface area contributed by atoms with Crippen molar-refractivity contribution in [2.45, 2.75) is 70.2 Å². The van der Waals surface area contributed by atoms with Crippen LogP contribution >= 0.6 is 0 Å². The van der Waals surface area contributed by atoms with Gasteiger partial charge in [-0.2, -0.15) is 0 Å². The Bertz CT molecular complexity index is 1190. The monoisotopic (exact) mass is 540 g/mol. The molecule has 1 fully saturated rings. The van der Waals surface area contributed by atoms with Crippen LogP contribution in [0.25, 0.3) is 0 Å². The van der Waals surface area contributed by atoms with E-state index in [0.717, 1.165) is 6.42 Å². The Morgan fingerprint density at radius 2 is 1.77 bits per heavy atom. The molecular weight excluding hydrogens is 504 g/mol. The highest BCUT2D eigenvalue weighted by Crippen LogP contribution is 2.35.